The van der Waals surface area contributed by atoms with E-state index in [1.165, 1.54) is 0 Å². The summed E-state index contributed by atoms with van der Waals surface area (Å²) in [5, 5.41) is 8.96. The summed E-state index contributed by atoms with van der Waals surface area (Å²) in [6.07, 6.45) is 0.781. The van der Waals surface area contributed by atoms with Gasteiger partial charge in [0, 0.05) is 18.7 Å². The van der Waals surface area contributed by atoms with Gasteiger partial charge in [0.15, 0.2) is 0 Å². The summed E-state index contributed by atoms with van der Waals surface area (Å²) in [4.78, 5) is 24.8. The smallest absolute Gasteiger partial charge is 0.308 e. The molecule has 0 aromatic heterocycles. The van der Waals surface area contributed by atoms with Gasteiger partial charge in [0.2, 0.25) is 5.91 Å². The summed E-state index contributed by atoms with van der Waals surface area (Å²) in [5.74, 6) is -0.609. The van der Waals surface area contributed by atoms with Gasteiger partial charge in [-0.15, -0.1) is 0 Å². The highest BCUT2D eigenvalue weighted by Gasteiger charge is 2.30. The Morgan fingerprint density at radius 2 is 2.20 bits per heavy atom. The molecular weight excluding hydrogens is 258 g/mol. The van der Waals surface area contributed by atoms with E-state index in [9.17, 15) is 9.59 Å². The number of carbonyl (C=O) groups excluding carboxylic acids is 1. The fourth-order valence-electron chi connectivity index (χ4n) is 2.51. The zero-order valence-electron chi connectivity index (χ0n) is 11.8. The van der Waals surface area contributed by atoms with Crippen LogP contribution < -0.4 is 4.74 Å². The maximum absolute atomic E-state index is 12.2. The highest BCUT2D eigenvalue weighted by molar-refractivity contribution is 5.81. The lowest BCUT2D eigenvalue weighted by Gasteiger charge is -2.17. The number of ether oxygens (including phenoxy) is 1. The first-order valence-corrected chi connectivity index (χ1v) is 6.65. The minimum Gasteiger partial charge on any atom is -0.496 e. The normalized spacial score (nSPS) is 18.1. The predicted molar refractivity (Wildman–Crippen MR) is 73.8 cm³/mol. The number of carboxylic acids is 1. The quantitative estimate of drug-likeness (QED) is 0.905. The van der Waals surface area contributed by atoms with Crippen LogP contribution in [0.4, 0.5) is 0 Å². The maximum atomic E-state index is 12.2. The number of carboxylic acid groups (broad SMARTS) is 1. The van der Waals surface area contributed by atoms with Gasteiger partial charge in [-0.05, 0) is 19.4 Å². The minimum atomic E-state index is -0.826. The number of aryl methyl sites for hydroxylation is 1. The summed E-state index contributed by atoms with van der Waals surface area (Å²) in [7, 11) is 1.58. The summed E-state index contributed by atoms with van der Waals surface area (Å²) < 4.78 is 5.26. The van der Waals surface area contributed by atoms with E-state index in [-0.39, 0.29) is 12.3 Å². The molecule has 1 aliphatic heterocycles. The molecule has 1 aromatic rings. The molecule has 0 saturated carbocycles. The van der Waals surface area contributed by atoms with Gasteiger partial charge in [0.05, 0.1) is 19.4 Å². The van der Waals surface area contributed by atoms with Crippen LogP contribution in [-0.4, -0.2) is 42.1 Å². The molecule has 20 heavy (non-hydrogen) atoms. The minimum absolute atomic E-state index is 0.0438. The number of nitrogens with zero attached hydrogens (tertiary/aromatic N) is 1. The number of likely N-dealkylation sites (tertiary alicyclic amines) is 1. The van der Waals surface area contributed by atoms with Crippen molar-refractivity contribution in [1.29, 1.82) is 0 Å². The fourth-order valence-corrected chi connectivity index (χ4v) is 2.51. The monoisotopic (exact) mass is 277 g/mol. The summed E-state index contributed by atoms with van der Waals surface area (Å²) in [6, 6.07) is 5.71. The molecule has 2 rings (SSSR count). The summed E-state index contributed by atoms with van der Waals surface area (Å²) >= 11 is 0. The number of aliphatic carboxylic acids is 1. The van der Waals surface area contributed by atoms with Gasteiger partial charge >= 0.3 is 5.97 Å². The van der Waals surface area contributed by atoms with Crippen molar-refractivity contribution in [2.24, 2.45) is 5.92 Å². The highest BCUT2D eigenvalue weighted by Crippen LogP contribution is 2.23. The SMILES string of the molecule is COc1ccc(C)cc1CC(=O)N1CCC(C(=O)O)C1. The third-order valence-electron chi connectivity index (χ3n) is 3.67. The number of hydrogen-bond donors (Lipinski definition) is 1. The number of rotatable bonds is 4. The van der Waals surface area contributed by atoms with Gasteiger partial charge in [-0.2, -0.15) is 0 Å². The molecule has 1 aromatic carbocycles. The van der Waals surface area contributed by atoms with Crippen LogP contribution in [0.3, 0.4) is 0 Å². The highest BCUT2D eigenvalue weighted by atomic mass is 16.5. The van der Waals surface area contributed by atoms with Crippen molar-refractivity contribution < 1.29 is 19.4 Å². The number of benzene rings is 1. The number of hydrogen-bond acceptors (Lipinski definition) is 3. The average molecular weight is 277 g/mol. The Bertz CT molecular complexity index is 527. The van der Waals surface area contributed by atoms with Crippen molar-refractivity contribution in [2.45, 2.75) is 19.8 Å². The van der Waals surface area contributed by atoms with Crippen molar-refractivity contribution in [3.63, 3.8) is 0 Å². The topological polar surface area (TPSA) is 66.8 Å². The summed E-state index contributed by atoms with van der Waals surface area (Å²) in [6.45, 7) is 2.79. The summed E-state index contributed by atoms with van der Waals surface area (Å²) in [5.41, 5.74) is 1.91. The van der Waals surface area contributed by atoms with E-state index in [2.05, 4.69) is 0 Å². The fraction of sp³-hybridized carbons (Fsp3) is 0.467. The van der Waals surface area contributed by atoms with E-state index in [0.717, 1.165) is 11.1 Å². The second-order valence-electron chi connectivity index (χ2n) is 5.16. The molecule has 1 atom stereocenters. The van der Waals surface area contributed by atoms with Crippen molar-refractivity contribution in [3.05, 3.63) is 29.3 Å². The molecule has 1 aliphatic rings. The van der Waals surface area contributed by atoms with Crippen molar-refractivity contribution in [2.75, 3.05) is 20.2 Å². The maximum Gasteiger partial charge on any atom is 0.308 e. The van der Waals surface area contributed by atoms with E-state index in [1.54, 1.807) is 12.0 Å². The van der Waals surface area contributed by atoms with Gasteiger partial charge in [-0.1, -0.05) is 17.7 Å². The molecule has 0 bridgehead atoms. The molecule has 1 N–H and O–H groups in total. The van der Waals surface area contributed by atoms with E-state index < -0.39 is 11.9 Å². The van der Waals surface area contributed by atoms with Crippen molar-refractivity contribution >= 4 is 11.9 Å². The van der Waals surface area contributed by atoms with E-state index >= 15 is 0 Å². The van der Waals surface area contributed by atoms with Gasteiger partial charge in [0.25, 0.3) is 0 Å². The molecule has 1 saturated heterocycles. The molecule has 1 amide bonds. The van der Waals surface area contributed by atoms with Crippen LogP contribution in [0, 0.1) is 12.8 Å². The first-order valence-electron chi connectivity index (χ1n) is 6.65. The lowest BCUT2D eigenvalue weighted by atomic mass is 10.1. The Labute approximate surface area is 118 Å². The Hall–Kier alpha value is -2.04. The Morgan fingerprint density at radius 3 is 2.80 bits per heavy atom. The lowest BCUT2D eigenvalue weighted by molar-refractivity contribution is -0.141. The standard InChI is InChI=1S/C15H19NO4/c1-10-3-4-13(20-2)12(7-10)8-14(17)16-6-5-11(9-16)15(18)19/h3-4,7,11H,5-6,8-9H2,1-2H3,(H,18,19). The van der Waals surface area contributed by atoms with Crippen molar-refractivity contribution in [1.82, 2.24) is 4.90 Å². The Kier molecular flexibility index (Phi) is 4.27. The van der Waals surface area contributed by atoms with Gasteiger partial charge < -0.3 is 14.7 Å². The molecule has 108 valence electrons. The predicted octanol–water partition coefficient (Wildman–Crippen LogP) is 1.48. The first kappa shape index (κ1) is 14.4. The lowest BCUT2D eigenvalue weighted by Crippen LogP contribution is -2.31. The molecule has 0 radical (unpaired) electrons. The Morgan fingerprint density at radius 1 is 1.45 bits per heavy atom. The third kappa shape index (κ3) is 3.10. The molecule has 0 aliphatic carbocycles. The zero-order chi connectivity index (χ0) is 14.7. The van der Waals surface area contributed by atoms with Crippen LogP contribution in [0.2, 0.25) is 0 Å². The van der Waals surface area contributed by atoms with Gasteiger partial charge in [-0.25, -0.2) is 0 Å². The number of carbonyl (C=O) groups is 2. The van der Waals surface area contributed by atoms with Gasteiger partial charge in [-0.3, -0.25) is 9.59 Å². The van der Waals surface area contributed by atoms with E-state index in [0.29, 0.717) is 25.3 Å². The molecule has 5 heteroatoms. The molecule has 5 nitrogen and oxygen atoms in total. The number of methoxy groups -OCH3 is 1. The zero-order valence-corrected chi connectivity index (χ0v) is 11.8. The molecular formula is C15H19NO4. The Balaban J connectivity index is 2.05. The second kappa shape index (κ2) is 5.94. The van der Waals surface area contributed by atoms with Gasteiger partial charge in [0.1, 0.15) is 5.75 Å². The van der Waals surface area contributed by atoms with Crippen LogP contribution in [-0.2, 0) is 16.0 Å². The second-order valence-corrected chi connectivity index (χ2v) is 5.16. The van der Waals surface area contributed by atoms with E-state index in [4.69, 9.17) is 9.84 Å². The largest absolute Gasteiger partial charge is 0.496 e. The van der Waals surface area contributed by atoms with Crippen LogP contribution in [0.1, 0.15) is 17.5 Å². The third-order valence-corrected chi connectivity index (χ3v) is 3.67. The molecule has 1 fully saturated rings. The molecule has 0 spiro atoms. The molecule has 1 heterocycles. The van der Waals surface area contributed by atoms with E-state index in [1.807, 2.05) is 25.1 Å². The van der Waals surface area contributed by atoms with Crippen molar-refractivity contribution in [3.8, 4) is 5.75 Å². The van der Waals surface area contributed by atoms with Crippen LogP contribution in [0.5, 0.6) is 5.75 Å². The average Bonchev–Trinajstić information content (AvgIpc) is 2.89. The van der Waals surface area contributed by atoms with Crippen LogP contribution >= 0.6 is 0 Å². The van der Waals surface area contributed by atoms with Crippen LogP contribution in [0.25, 0.3) is 0 Å². The van der Waals surface area contributed by atoms with Crippen LogP contribution in [0.15, 0.2) is 18.2 Å². The first-order chi connectivity index (χ1) is 9.51. The molecule has 1 unspecified atom stereocenters. The number of amides is 1.